The molecule has 2 N–H and O–H groups in total. The molecule has 0 aliphatic rings. The molecule has 0 spiro atoms. The average Bonchev–Trinajstić information content (AvgIpc) is 2.40. The minimum atomic E-state index is 0.866. The number of pyridine rings is 1. The molecule has 1 aromatic carbocycles. The van der Waals surface area contributed by atoms with E-state index in [2.05, 4.69) is 39.6 Å². The Morgan fingerprint density at radius 1 is 1.16 bits per heavy atom. The summed E-state index contributed by atoms with van der Waals surface area (Å²) in [6.45, 7) is 2.92. The Kier molecular flexibility index (Phi) is 4.23. The summed E-state index contributed by atoms with van der Waals surface area (Å²) >= 11 is 0. The number of para-hydroxylation sites is 2. The number of hydrogen-bond acceptors (Lipinski definition) is 4. The second-order valence-corrected chi connectivity index (χ2v) is 4.50. The molecule has 1 aromatic heterocycles. The fraction of sp³-hybridized carbons (Fsp3) is 0.267. The molecule has 100 valence electrons. The van der Waals surface area contributed by atoms with Crippen molar-refractivity contribution in [2.24, 2.45) is 0 Å². The number of hydrogen-bond donors (Lipinski definition) is 2. The number of rotatable bonds is 5. The van der Waals surface area contributed by atoms with Gasteiger partial charge in [-0.3, -0.25) is 0 Å². The van der Waals surface area contributed by atoms with Crippen molar-refractivity contribution < 1.29 is 0 Å². The Morgan fingerprint density at radius 3 is 2.68 bits per heavy atom. The van der Waals surface area contributed by atoms with Gasteiger partial charge < -0.3 is 15.5 Å². The first-order chi connectivity index (χ1) is 9.20. The fourth-order valence-corrected chi connectivity index (χ4v) is 1.91. The zero-order valence-electron chi connectivity index (χ0n) is 11.6. The minimum Gasteiger partial charge on any atom is -0.376 e. The normalized spacial score (nSPS) is 10.1. The van der Waals surface area contributed by atoms with Gasteiger partial charge in [0.15, 0.2) is 0 Å². The molecule has 0 bridgehead atoms. The molecule has 0 amide bonds. The van der Waals surface area contributed by atoms with Gasteiger partial charge in [-0.15, -0.1) is 0 Å². The summed E-state index contributed by atoms with van der Waals surface area (Å²) in [5.74, 6) is 0.884. The number of nitrogens with zero attached hydrogens (tertiary/aromatic N) is 2. The van der Waals surface area contributed by atoms with Crippen LogP contribution in [-0.4, -0.2) is 25.6 Å². The van der Waals surface area contributed by atoms with Gasteiger partial charge in [0.2, 0.25) is 0 Å². The Labute approximate surface area is 114 Å². The number of anilines is 4. The fourth-order valence-electron chi connectivity index (χ4n) is 1.91. The highest BCUT2D eigenvalue weighted by atomic mass is 15.1. The van der Waals surface area contributed by atoms with E-state index in [1.807, 2.05) is 38.4 Å². The quantitative estimate of drug-likeness (QED) is 0.861. The monoisotopic (exact) mass is 256 g/mol. The summed E-state index contributed by atoms with van der Waals surface area (Å²) in [6, 6.07) is 12.2. The molecule has 0 saturated heterocycles. The Bertz CT molecular complexity index is 537. The Balaban J connectivity index is 2.23. The van der Waals surface area contributed by atoms with E-state index in [0.717, 1.165) is 29.4 Å². The third-order valence-electron chi connectivity index (χ3n) is 2.78. The van der Waals surface area contributed by atoms with Gasteiger partial charge in [0, 0.05) is 38.6 Å². The zero-order valence-corrected chi connectivity index (χ0v) is 11.6. The molecule has 1 heterocycles. The van der Waals surface area contributed by atoms with Gasteiger partial charge in [-0.1, -0.05) is 12.1 Å². The minimum absolute atomic E-state index is 0.866. The van der Waals surface area contributed by atoms with Gasteiger partial charge in [0.1, 0.15) is 5.82 Å². The topological polar surface area (TPSA) is 40.2 Å². The lowest BCUT2D eigenvalue weighted by atomic mass is 10.2. The lowest BCUT2D eigenvalue weighted by Gasteiger charge is -2.18. The first-order valence-corrected chi connectivity index (χ1v) is 6.44. The van der Waals surface area contributed by atoms with Crippen LogP contribution in [0.5, 0.6) is 0 Å². The molecule has 19 heavy (non-hydrogen) atoms. The van der Waals surface area contributed by atoms with Crippen molar-refractivity contribution in [1.29, 1.82) is 0 Å². The lowest BCUT2D eigenvalue weighted by molar-refractivity contribution is 1.13. The number of aromatic nitrogens is 1. The van der Waals surface area contributed by atoms with E-state index in [0.29, 0.717) is 0 Å². The average molecular weight is 256 g/mol. The van der Waals surface area contributed by atoms with Crippen molar-refractivity contribution in [2.45, 2.75) is 6.92 Å². The van der Waals surface area contributed by atoms with Crippen molar-refractivity contribution in [3.63, 3.8) is 0 Å². The van der Waals surface area contributed by atoms with Crippen LogP contribution in [0.15, 0.2) is 42.6 Å². The molecule has 0 atom stereocenters. The molecule has 2 rings (SSSR count). The Hall–Kier alpha value is -2.23. The Morgan fingerprint density at radius 2 is 1.95 bits per heavy atom. The second kappa shape index (κ2) is 6.09. The van der Waals surface area contributed by atoms with Gasteiger partial charge >= 0.3 is 0 Å². The summed E-state index contributed by atoms with van der Waals surface area (Å²) < 4.78 is 0. The summed E-state index contributed by atoms with van der Waals surface area (Å²) in [6.07, 6.45) is 1.80. The van der Waals surface area contributed by atoms with Crippen LogP contribution in [0.3, 0.4) is 0 Å². The number of benzene rings is 1. The summed E-state index contributed by atoms with van der Waals surface area (Å²) in [4.78, 5) is 6.36. The van der Waals surface area contributed by atoms with Crippen molar-refractivity contribution in [3.05, 3.63) is 42.6 Å². The maximum atomic E-state index is 4.27. The summed E-state index contributed by atoms with van der Waals surface area (Å²) in [7, 11) is 4.08. The third kappa shape index (κ3) is 3.37. The van der Waals surface area contributed by atoms with E-state index < -0.39 is 0 Å². The van der Waals surface area contributed by atoms with E-state index in [4.69, 9.17) is 0 Å². The maximum Gasteiger partial charge on any atom is 0.127 e. The molecule has 0 fully saturated rings. The van der Waals surface area contributed by atoms with Crippen LogP contribution in [0.25, 0.3) is 0 Å². The van der Waals surface area contributed by atoms with Gasteiger partial charge in [0.25, 0.3) is 0 Å². The van der Waals surface area contributed by atoms with E-state index in [1.54, 1.807) is 6.20 Å². The van der Waals surface area contributed by atoms with Gasteiger partial charge in [-0.25, -0.2) is 4.98 Å². The summed E-state index contributed by atoms with van der Waals surface area (Å²) in [5.41, 5.74) is 3.27. The highest BCUT2D eigenvalue weighted by Crippen LogP contribution is 2.27. The predicted octanol–water partition coefficient (Wildman–Crippen LogP) is 3.32. The lowest BCUT2D eigenvalue weighted by Crippen LogP contribution is -2.10. The van der Waals surface area contributed by atoms with Gasteiger partial charge in [-0.05, 0) is 25.1 Å². The van der Waals surface area contributed by atoms with Crippen molar-refractivity contribution in [3.8, 4) is 0 Å². The van der Waals surface area contributed by atoms with Crippen molar-refractivity contribution in [1.82, 2.24) is 4.98 Å². The standard InChI is InChI=1S/C15H20N4/c1-4-16-15-11-12(9-10-17-15)18-13-7-5-6-8-14(13)19(2)3/h5-11H,4H2,1-3H3,(H2,16,17,18). The molecule has 4 heteroatoms. The smallest absolute Gasteiger partial charge is 0.127 e. The third-order valence-corrected chi connectivity index (χ3v) is 2.78. The maximum absolute atomic E-state index is 4.27. The van der Waals surface area contributed by atoms with E-state index in [9.17, 15) is 0 Å². The van der Waals surface area contributed by atoms with E-state index >= 15 is 0 Å². The van der Waals surface area contributed by atoms with Crippen LogP contribution in [0.2, 0.25) is 0 Å². The SMILES string of the molecule is CCNc1cc(Nc2ccccc2N(C)C)ccn1. The first-order valence-electron chi connectivity index (χ1n) is 6.44. The zero-order chi connectivity index (χ0) is 13.7. The molecular weight excluding hydrogens is 236 g/mol. The van der Waals surface area contributed by atoms with Crippen LogP contribution in [-0.2, 0) is 0 Å². The molecule has 4 nitrogen and oxygen atoms in total. The molecule has 0 aliphatic carbocycles. The van der Waals surface area contributed by atoms with Crippen molar-refractivity contribution >= 4 is 22.9 Å². The molecule has 2 aromatic rings. The molecule has 0 aliphatic heterocycles. The van der Waals surface area contributed by atoms with Crippen LogP contribution >= 0.6 is 0 Å². The predicted molar refractivity (Wildman–Crippen MR) is 82.5 cm³/mol. The van der Waals surface area contributed by atoms with E-state index in [-0.39, 0.29) is 0 Å². The van der Waals surface area contributed by atoms with Gasteiger partial charge in [-0.2, -0.15) is 0 Å². The van der Waals surface area contributed by atoms with E-state index in [1.165, 1.54) is 0 Å². The highest BCUT2D eigenvalue weighted by Gasteiger charge is 2.04. The largest absolute Gasteiger partial charge is 0.376 e. The highest BCUT2D eigenvalue weighted by molar-refractivity contribution is 5.75. The second-order valence-electron chi connectivity index (χ2n) is 4.50. The molecular formula is C15H20N4. The molecule has 0 saturated carbocycles. The molecule has 0 radical (unpaired) electrons. The molecule has 0 unspecified atom stereocenters. The van der Waals surface area contributed by atoms with Crippen molar-refractivity contribution in [2.75, 3.05) is 36.2 Å². The number of nitrogens with one attached hydrogen (secondary N) is 2. The van der Waals surface area contributed by atoms with Crippen LogP contribution in [0, 0.1) is 0 Å². The van der Waals surface area contributed by atoms with Crippen LogP contribution in [0.1, 0.15) is 6.92 Å². The van der Waals surface area contributed by atoms with Gasteiger partial charge in [0.05, 0.1) is 11.4 Å². The van der Waals surface area contributed by atoms with Crippen LogP contribution in [0.4, 0.5) is 22.9 Å². The summed E-state index contributed by atoms with van der Waals surface area (Å²) in [5, 5.41) is 6.64. The van der Waals surface area contributed by atoms with Crippen LogP contribution < -0.4 is 15.5 Å². The first kappa shape index (κ1) is 13.2.